The van der Waals surface area contributed by atoms with Crippen molar-refractivity contribution in [3.8, 4) is 0 Å². The molecule has 0 bridgehead atoms. The van der Waals surface area contributed by atoms with Crippen LogP contribution in [0.1, 0.15) is 25.7 Å². The van der Waals surface area contributed by atoms with Crippen LogP contribution in [-0.2, 0) is 4.79 Å². The molecule has 1 amide bonds. The van der Waals surface area contributed by atoms with E-state index in [0.29, 0.717) is 12.6 Å². The van der Waals surface area contributed by atoms with E-state index in [0.717, 1.165) is 22.0 Å². The Kier molecular flexibility index (Phi) is 3.89. The molecule has 4 heteroatoms. The number of halogens is 1. The highest BCUT2D eigenvalue weighted by atomic mass is 79.9. The van der Waals surface area contributed by atoms with E-state index >= 15 is 0 Å². The summed E-state index contributed by atoms with van der Waals surface area (Å²) in [7, 11) is 0. The third-order valence-electron chi connectivity index (χ3n) is 3.89. The van der Waals surface area contributed by atoms with Gasteiger partial charge in [-0.25, -0.2) is 0 Å². The van der Waals surface area contributed by atoms with E-state index in [4.69, 9.17) is 0 Å². The van der Waals surface area contributed by atoms with Crippen molar-refractivity contribution in [2.45, 2.75) is 31.7 Å². The minimum atomic E-state index is 0.0497. The van der Waals surface area contributed by atoms with Crippen molar-refractivity contribution >= 4 is 27.5 Å². The van der Waals surface area contributed by atoms with Crippen LogP contribution in [0.25, 0.3) is 0 Å². The lowest BCUT2D eigenvalue weighted by molar-refractivity contribution is -0.115. The maximum absolute atomic E-state index is 11.9. The van der Waals surface area contributed by atoms with Gasteiger partial charge in [-0.3, -0.25) is 4.79 Å². The quantitative estimate of drug-likeness (QED) is 0.844. The van der Waals surface area contributed by atoms with Crippen LogP contribution in [0.3, 0.4) is 0 Å². The fraction of sp³-hybridized carbons (Fsp3) is 0.533. The van der Waals surface area contributed by atoms with Crippen molar-refractivity contribution in [1.82, 2.24) is 5.32 Å². The predicted octanol–water partition coefficient (Wildman–Crippen LogP) is 3.17. The second kappa shape index (κ2) is 5.63. The molecule has 3 nitrogen and oxygen atoms in total. The first-order valence-electron chi connectivity index (χ1n) is 7.01. The number of hydrogen-bond acceptors (Lipinski definition) is 2. The summed E-state index contributed by atoms with van der Waals surface area (Å²) in [6.07, 6.45) is 5.34. The summed E-state index contributed by atoms with van der Waals surface area (Å²) in [6, 6.07) is 8.25. The van der Waals surface area contributed by atoms with Gasteiger partial charge < -0.3 is 10.6 Å². The van der Waals surface area contributed by atoms with Gasteiger partial charge in [-0.1, -0.05) is 15.9 Å². The molecule has 0 saturated heterocycles. The smallest absolute Gasteiger partial charge is 0.238 e. The van der Waals surface area contributed by atoms with Crippen molar-refractivity contribution in [3.05, 3.63) is 28.7 Å². The molecule has 3 rings (SSSR count). The topological polar surface area (TPSA) is 41.1 Å². The lowest BCUT2D eigenvalue weighted by Gasteiger charge is -2.17. The highest BCUT2D eigenvalue weighted by molar-refractivity contribution is 9.10. The highest BCUT2D eigenvalue weighted by Gasteiger charge is 2.41. The zero-order chi connectivity index (χ0) is 13.2. The van der Waals surface area contributed by atoms with Gasteiger partial charge in [-0.05, 0) is 61.8 Å². The van der Waals surface area contributed by atoms with Crippen LogP contribution >= 0.6 is 15.9 Å². The van der Waals surface area contributed by atoms with Gasteiger partial charge in [-0.15, -0.1) is 0 Å². The minimum absolute atomic E-state index is 0.0497. The molecular weight excluding hydrogens is 304 g/mol. The Morgan fingerprint density at radius 1 is 1.16 bits per heavy atom. The molecule has 2 aliphatic carbocycles. The van der Waals surface area contributed by atoms with Crippen molar-refractivity contribution in [1.29, 1.82) is 0 Å². The number of amides is 1. The van der Waals surface area contributed by atoms with E-state index < -0.39 is 0 Å². The third-order valence-corrected chi connectivity index (χ3v) is 4.41. The van der Waals surface area contributed by atoms with E-state index in [1.807, 2.05) is 24.3 Å². The van der Waals surface area contributed by atoms with Crippen LogP contribution in [-0.4, -0.2) is 18.5 Å². The number of carbonyl (C=O) groups is 1. The van der Waals surface area contributed by atoms with E-state index in [1.165, 1.54) is 25.7 Å². The highest BCUT2D eigenvalue weighted by Crippen LogP contribution is 2.44. The summed E-state index contributed by atoms with van der Waals surface area (Å²) in [6.45, 7) is 0.424. The van der Waals surface area contributed by atoms with Crippen molar-refractivity contribution in [2.24, 2.45) is 11.8 Å². The first kappa shape index (κ1) is 13.1. The number of benzene rings is 1. The molecule has 0 heterocycles. The molecule has 0 aromatic heterocycles. The summed E-state index contributed by atoms with van der Waals surface area (Å²) < 4.78 is 1.02. The number of hydrogen-bond donors (Lipinski definition) is 2. The monoisotopic (exact) mass is 322 g/mol. The normalized spacial score (nSPS) is 18.6. The Morgan fingerprint density at radius 3 is 2.26 bits per heavy atom. The predicted molar refractivity (Wildman–Crippen MR) is 80.0 cm³/mol. The van der Waals surface area contributed by atoms with Gasteiger partial charge in [-0.2, -0.15) is 0 Å². The zero-order valence-corrected chi connectivity index (χ0v) is 12.4. The number of carbonyl (C=O) groups excluding carboxylic acids is 1. The molecule has 102 valence electrons. The fourth-order valence-electron chi connectivity index (χ4n) is 2.58. The van der Waals surface area contributed by atoms with E-state index in [2.05, 4.69) is 26.6 Å². The first-order valence-corrected chi connectivity index (χ1v) is 7.80. The summed E-state index contributed by atoms with van der Waals surface area (Å²) in [5.74, 6) is 1.70. The molecule has 2 fully saturated rings. The van der Waals surface area contributed by atoms with Crippen molar-refractivity contribution in [3.63, 3.8) is 0 Å². The molecule has 0 unspecified atom stereocenters. The summed E-state index contributed by atoms with van der Waals surface area (Å²) in [4.78, 5) is 11.9. The lowest BCUT2D eigenvalue weighted by atomic mass is 10.1. The van der Waals surface area contributed by atoms with Gasteiger partial charge in [0.15, 0.2) is 0 Å². The van der Waals surface area contributed by atoms with Crippen LogP contribution in [0.2, 0.25) is 0 Å². The second-order valence-electron chi connectivity index (χ2n) is 5.64. The second-order valence-corrected chi connectivity index (χ2v) is 6.55. The number of nitrogens with one attached hydrogen (secondary N) is 2. The maximum Gasteiger partial charge on any atom is 0.238 e. The largest absolute Gasteiger partial charge is 0.325 e. The molecule has 0 radical (unpaired) electrons. The van der Waals surface area contributed by atoms with Gasteiger partial charge in [0.2, 0.25) is 5.91 Å². The average Bonchev–Trinajstić information content (AvgIpc) is 3.26. The molecule has 1 aromatic rings. The van der Waals surface area contributed by atoms with Gasteiger partial charge in [0.25, 0.3) is 0 Å². The van der Waals surface area contributed by atoms with Gasteiger partial charge in [0.1, 0.15) is 0 Å². The number of rotatable bonds is 6. The van der Waals surface area contributed by atoms with Crippen LogP contribution in [0, 0.1) is 11.8 Å². The van der Waals surface area contributed by atoms with E-state index in [-0.39, 0.29) is 5.91 Å². The Morgan fingerprint density at radius 2 is 1.74 bits per heavy atom. The van der Waals surface area contributed by atoms with Crippen molar-refractivity contribution < 1.29 is 4.79 Å². The molecule has 2 aliphatic rings. The molecule has 0 aliphatic heterocycles. The summed E-state index contributed by atoms with van der Waals surface area (Å²) in [5.41, 5.74) is 0.851. The maximum atomic E-state index is 11.9. The van der Waals surface area contributed by atoms with Crippen molar-refractivity contribution in [2.75, 3.05) is 11.9 Å². The van der Waals surface area contributed by atoms with E-state index in [9.17, 15) is 4.79 Å². The molecule has 2 saturated carbocycles. The number of anilines is 1. The van der Waals surface area contributed by atoms with Gasteiger partial charge >= 0.3 is 0 Å². The van der Waals surface area contributed by atoms with Gasteiger partial charge in [0.05, 0.1) is 6.54 Å². The van der Waals surface area contributed by atoms with Crippen LogP contribution in [0.15, 0.2) is 28.7 Å². The average molecular weight is 323 g/mol. The molecule has 0 spiro atoms. The van der Waals surface area contributed by atoms with E-state index in [1.54, 1.807) is 0 Å². The molecular formula is C15H19BrN2O. The lowest BCUT2D eigenvalue weighted by Crippen LogP contribution is -2.38. The molecule has 0 atom stereocenters. The van der Waals surface area contributed by atoms with Crippen LogP contribution in [0.4, 0.5) is 5.69 Å². The zero-order valence-electron chi connectivity index (χ0n) is 10.9. The van der Waals surface area contributed by atoms with Gasteiger partial charge in [0, 0.05) is 16.2 Å². The minimum Gasteiger partial charge on any atom is -0.325 e. The molecule has 1 aromatic carbocycles. The summed E-state index contributed by atoms with van der Waals surface area (Å²) in [5, 5.41) is 6.37. The van der Waals surface area contributed by atoms with Crippen LogP contribution < -0.4 is 10.6 Å². The standard InChI is InChI=1S/C15H19BrN2O/c16-12-5-7-13(8-6-12)18-14(19)9-17-15(10-1-2-10)11-3-4-11/h5-8,10-11,15,17H,1-4,9H2,(H,18,19). The molecule has 2 N–H and O–H groups in total. The van der Waals surface area contributed by atoms with Crippen LogP contribution in [0.5, 0.6) is 0 Å². The summed E-state index contributed by atoms with van der Waals surface area (Å²) >= 11 is 3.38. The Balaban J connectivity index is 1.46. The first-order chi connectivity index (χ1) is 9.22. The molecule has 19 heavy (non-hydrogen) atoms. The SMILES string of the molecule is O=C(CNC(C1CC1)C1CC1)Nc1ccc(Br)cc1. The Hall–Kier alpha value is -0.870. The Bertz CT molecular complexity index is 440. The fourth-order valence-corrected chi connectivity index (χ4v) is 2.84. The Labute approximate surface area is 122 Å². The third kappa shape index (κ3) is 3.80.